The van der Waals surface area contributed by atoms with Crippen molar-refractivity contribution in [1.29, 1.82) is 0 Å². The molecule has 1 aromatic rings. The number of hydrogen-bond acceptors (Lipinski definition) is 4. The summed E-state index contributed by atoms with van der Waals surface area (Å²) < 4.78 is 7.10. The standard InChI is InChI=1S/C15H30N4O/c1-7-19(8-9-20-6)13(10-16)12-11-18(5)17-14(12)15(2,3)4/h11,13H,7-10,16H2,1-6H3. The van der Waals surface area contributed by atoms with Crippen molar-refractivity contribution in [3.8, 4) is 0 Å². The molecule has 0 aliphatic rings. The predicted molar refractivity (Wildman–Crippen MR) is 82.8 cm³/mol. The molecule has 2 N–H and O–H groups in total. The first-order valence-electron chi connectivity index (χ1n) is 7.32. The third kappa shape index (κ3) is 4.04. The summed E-state index contributed by atoms with van der Waals surface area (Å²) in [5, 5.41) is 4.65. The summed E-state index contributed by atoms with van der Waals surface area (Å²) in [6, 6.07) is 0.193. The summed E-state index contributed by atoms with van der Waals surface area (Å²) >= 11 is 0. The van der Waals surface area contributed by atoms with Crippen LogP contribution in [-0.2, 0) is 17.2 Å². The number of aromatic nitrogens is 2. The van der Waals surface area contributed by atoms with Crippen molar-refractivity contribution in [3.05, 3.63) is 17.5 Å². The summed E-state index contributed by atoms with van der Waals surface area (Å²) in [6.45, 7) is 11.9. The van der Waals surface area contributed by atoms with Gasteiger partial charge in [-0.1, -0.05) is 27.7 Å². The van der Waals surface area contributed by atoms with E-state index in [2.05, 4.69) is 43.9 Å². The zero-order valence-electron chi connectivity index (χ0n) is 13.8. The van der Waals surface area contributed by atoms with Gasteiger partial charge in [-0.15, -0.1) is 0 Å². The Hall–Kier alpha value is -0.910. The predicted octanol–water partition coefficient (Wildman–Crippen LogP) is 1.69. The van der Waals surface area contributed by atoms with Gasteiger partial charge in [0.15, 0.2) is 0 Å². The van der Waals surface area contributed by atoms with Crippen LogP contribution in [0.15, 0.2) is 6.20 Å². The van der Waals surface area contributed by atoms with Gasteiger partial charge in [0.25, 0.3) is 0 Å². The Morgan fingerprint density at radius 2 is 2.10 bits per heavy atom. The van der Waals surface area contributed by atoms with E-state index in [0.717, 1.165) is 25.4 Å². The monoisotopic (exact) mass is 282 g/mol. The van der Waals surface area contributed by atoms with Crippen LogP contribution in [0, 0.1) is 0 Å². The number of methoxy groups -OCH3 is 1. The van der Waals surface area contributed by atoms with Crippen molar-refractivity contribution in [2.75, 3.05) is 33.4 Å². The van der Waals surface area contributed by atoms with Gasteiger partial charge >= 0.3 is 0 Å². The fourth-order valence-corrected chi connectivity index (χ4v) is 2.55. The van der Waals surface area contributed by atoms with E-state index < -0.39 is 0 Å². The lowest BCUT2D eigenvalue weighted by atomic mass is 9.87. The van der Waals surface area contributed by atoms with Crippen LogP contribution in [0.2, 0.25) is 0 Å². The van der Waals surface area contributed by atoms with E-state index in [-0.39, 0.29) is 11.5 Å². The maximum atomic E-state index is 6.05. The zero-order valence-corrected chi connectivity index (χ0v) is 13.8. The molecule has 0 saturated carbocycles. The molecule has 0 saturated heterocycles. The van der Waals surface area contributed by atoms with Crippen LogP contribution in [0.5, 0.6) is 0 Å². The summed E-state index contributed by atoms with van der Waals surface area (Å²) in [5.41, 5.74) is 8.44. The Labute approximate surface area is 123 Å². The second kappa shape index (κ2) is 7.20. The van der Waals surface area contributed by atoms with Crippen LogP contribution in [0.25, 0.3) is 0 Å². The molecule has 0 bridgehead atoms. The van der Waals surface area contributed by atoms with Crippen LogP contribution in [0.4, 0.5) is 0 Å². The third-order valence-electron chi connectivity index (χ3n) is 3.58. The molecule has 20 heavy (non-hydrogen) atoms. The van der Waals surface area contributed by atoms with Crippen molar-refractivity contribution in [1.82, 2.24) is 14.7 Å². The van der Waals surface area contributed by atoms with Gasteiger partial charge in [0, 0.05) is 44.4 Å². The van der Waals surface area contributed by atoms with Crippen molar-refractivity contribution in [2.45, 2.75) is 39.2 Å². The molecule has 0 spiro atoms. The number of rotatable bonds is 7. The minimum Gasteiger partial charge on any atom is -0.383 e. The Kier molecular flexibility index (Phi) is 6.17. The number of nitrogens with zero attached hydrogens (tertiary/aromatic N) is 3. The number of ether oxygens (including phenoxy) is 1. The molecule has 1 rings (SSSR count). The molecule has 0 aliphatic carbocycles. The number of hydrogen-bond donors (Lipinski definition) is 1. The zero-order chi connectivity index (χ0) is 15.3. The SMILES string of the molecule is CCN(CCOC)C(CN)c1cn(C)nc1C(C)(C)C. The highest BCUT2D eigenvalue weighted by Gasteiger charge is 2.28. The number of aryl methyl sites for hydroxylation is 1. The van der Waals surface area contributed by atoms with Gasteiger partial charge in [-0.25, -0.2) is 0 Å². The van der Waals surface area contributed by atoms with Crippen molar-refractivity contribution in [3.63, 3.8) is 0 Å². The summed E-state index contributed by atoms with van der Waals surface area (Å²) in [5.74, 6) is 0. The first-order chi connectivity index (χ1) is 9.35. The molecule has 1 heterocycles. The number of nitrogens with two attached hydrogens (primary N) is 1. The molecule has 0 amide bonds. The second-order valence-corrected chi connectivity index (χ2v) is 6.23. The molecule has 0 aromatic carbocycles. The fraction of sp³-hybridized carbons (Fsp3) is 0.800. The molecule has 1 aromatic heterocycles. The molecule has 1 unspecified atom stereocenters. The van der Waals surface area contributed by atoms with Crippen LogP contribution < -0.4 is 5.73 Å². The maximum Gasteiger partial charge on any atom is 0.0726 e. The third-order valence-corrected chi connectivity index (χ3v) is 3.58. The van der Waals surface area contributed by atoms with Gasteiger partial charge in [-0.2, -0.15) is 5.10 Å². The van der Waals surface area contributed by atoms with Crippen molar-refractivity contribution < 1.29 is 4.74 Å². The molecule has 0 aliphatic heterocycles. The molecular formula is C15H30N4O. The average Bonchev–Trinajstić information content (AvgIpc) is 2.76. The highest BCUT2D eigenvalue weighted by molar-refractivity contribution is 5.28. The lowest BCUT2D eigenvalue weighted by Crippen LogP contribution is -2.37. The van der Waals surface area contributed by atoms with E-state index in [1.807, 2.05) is 11.7 Å². The first-order valence-corrected chi connectivity index (χ1v) is 7.32. The van der Waals surface area contributed by atoms with Gasteiger partial charge in [-0.3, -0.25) is 9.58 Å². The minimum atomic E-state index is 0.0185. The van der Waals surface area contributed by atoms with Crippen molar-refractivity contribution in [2.24, 2.45) is 12.8 Å². The topological polar surface area (TPSA) is 56.3 Å². The Morgan fingerprint density at radius 1 is 1.45 bits per heavy atom. The molecule has 116 valence electrons. The summed E-state index contributed by atoms with van der Waals surface area (Å²) in [6.07, 6.45) is 2.10. The molecule has 1 atom stereocenters. The van der Waals surface area contributed by atoms with E-state index in [4.69, 9.17) is 10.5 Å². The number of likely N-dealkylation sites (N-methyl/N-ethyl adjacent to an activating group) is 1. The van der Waals surface area contributed by atoms with E-state index >= 15 is 0 Å². The largest absolute Gasteiger partial charge is 0.383 e. The molecule has 5 heteroatoms. The molecule has 0 fully saturated rings. The molecular weight excluding hydrogens is 252 g/mol. The lowest BCUT2D eigenvalue weighted by molar-refractivity contribution is 0.125. The summed E-state index contributed by atoms with van der Waals surface area (Å²) in [4.78, 5) is 2.36. The van der Waals surface area contributed by atoms with E-state index in [0.29, 0.717) is 6.54 Å². The maximum absolute atomic E-state index is 6.05. The van der Waals surface area contributed by atoms with Crippen LogP contribution >= 0.6 is 0 Å². The van der Waals surface area contributed by atoms with Crippen LogP contribution in [0.1, 0.15) is 45.0 Å². The highest BCUT2D eigenvalue weighted by Crippen LogP contribution is 2.30. The van der Waals surface area contributed by atoms with Crippen LogP contribution in [0.3, 0.4) is 0 Å². The van der Waals surface area contributed by atoms with Gasteiger partial charge in [-0.05, 0) is 6.54 Å². The smallest absolute Gasteiger partial charge is 0.0726 e. The van der Waals surface area contributed by atoms with Crippen LogP contribution in [-0.4, -0.2) is 48.0 Å². The van der Waals surface area contributed by atoms with Gasteiger partial charge in [0.2, 0.25) is 0 Å². The fourth-order valence-electron chi connectivity index (χ4n) is 2.55. The Morgan fingerprint density at radius 3 is 2.55 bits per heavy atom. The highest BCUT2D eigenvalue weighted by atomic mass is 16.5. The molecule has 5 nitrogen and oxygen atoms in total. The second-order valence-electron chi connectivity index (χ2n) is 6.23. The lowest BCUT2D eigenvalue weighted by Gasteiger charge is -2.31. The van der Waals surface area contributed by atoms with E-state index in [9.17, 15) is 0 Å². The Balaban J connectivity index is 3.11. The minimum absolute atomic E-state index is 0.0185. The van der Waals surface area contributed by atoms with Crippen molar-refractivity contribution >= 4 is 0 Å². The van der Waals surface area contributed by atoms with Gasteiger partial charge in [0.05, 0.1) is 18.3 Å². The normalized spacial score (nSPS) is 14.0. The quantitative estimate of drug-likeness (QED) is 0.827. The molecule has 0 radical (unpaired) electrons. The van der Waals surface area contributed by atoms with E-state index in [1.165, 1.54) is 5.56 Å². The summed E-state index contributed by atoms with van der Waals surface area (Å²) in [7, 11) is 3.70. The first kappa shape index (κ1) is 17.1. The van der Waals surface area contributed by atoms with Gasteiger partial charge < -0.3 is 10.5 Å². The van der Waals surface area contributed by atoms with E-state index in [1.54, 1.807) is 7.11 Å². The Bertz CT molecular complexity index is 408. The average molecular weight is 282 g/mol. The van der Waals surface area contributed by atoms with Gasteiger partial charge in [0.1, 0.15) is 0 Å².